The molecule has 3 aromatic rings. The molecule has 0 aliphatic heterocycles. The number of hydrogen-bond acceptors (Lipinski definition) is 4. The van der Waals surface area contributed by atoms with Crippen molar-refractivity contribution < 1.29 is 9.53 Å². The molecule has 0 saturated heterocycles. The van der Waals surface area contributed by atoms with E-state index in [4.69, 9.17) is 4.74 Å². The fourth-order valence-corrected chi connectivity index (χ4v) is 3.00. The lowest BCUT2D eigenvalue weighted by Gasteiger charge is -2.01. The van der Waals surface area contributed by atoms with Crippen LogP contribution in [0.2, 0.25) is 0 Å². The van der Waals surface area contributed by atoms with Crippen molar-refractivity contribution in [2.24, 2.45) is 0 Å². The molecular weight excluding hydrogens is 286 g/mol. The second-order valence-electron chi connectivity index (χ2n) is 4.59. The van der Waals surface area contributed by atoms with Crippen molar-refractivity contribution in [3.63, 3.8) is 0 Å². The summed E-state index contributed by atoms with van der Waals surface area (Å²) in [7, 11) is 3.29. The van der Waals surface area contributed by atoms with Crippen LogP contribution in [0.3, 0.4) is 0 Å². The Morgan fingerprint density at radius 3 is 3.10 bits per heavy atom. The first-order valence-electron chi connectivity index (χ1n) is 6.51. The van der Waals surface area contributed by atoms with Crippen LogP contribution in [0, 0.1) is 0 Å². The van der Waals surface area contributed by atoms with Crippen LogP contribution in [-0.2, 0) is 11.2 Å². The van der Waals surface area contributed by atoms with Crippen LogP contribution in [0.5, 0.6) is 5.75 Å². The van der Waals surface area contributed by atoms with Gasteiger partial charge in [0.2, 0.25) is 5.91 Å². The average molecular weight is 301 g/mol. The lowest BCUT2D eigenvalue weighted by molar-refractivity contribution is -0.120. The van der Waals surface area contributed by atoms with E-state index in [2.05, 4.69) is 10.3 Å². The topological polar surface area (TPSA) is 55.6 Å². The Morgan fingerprint density at radius 1 is 1.48 bits per heavy atom. The maximum atomic E-state index is 11.5. The molecule has 0 fully saturated rings. The lowest BCUT2D eigenvalue weighted by atomic mass is 10.1. The monoisotopic (exact) mass is 301 g/mol. The molecule has 2 aromatic heterocycles. The Hall–Kier alpha value is -2.34. The van der Waals surface area contributed by atoms with Gasteiger partial charge in [0.15, 0.2) is 4.96 Å². The Bertz CT molecular complexity index is 791. The van der Waals surface area contributed by atoms with E-state index in [1.54, 1.807) is 14.2 Å². The molecule has 0 saturated carbocycles. The van der Waals surface area contributed by atoms with E-state index < -0.39 is 0 Å². The molecule has 3 rings (SSSR count). The molecule has 0 atom stereocenters. The number of ether oxygens (including phenoxy) is 1. The van der Waals surface area contributed by atoms with Crippen LogP contribution in [0.1, 0.15) is 5.69 Å². The largest absolute Gasteiger partial charge is 0.497 e. The molecule has 1 aromatic carbocycles. The third-order valence-electron chi connectivity index (χ3n) is 3.27. The number of fused-ring (bicyclic) bond motifs is 1. The van der Waals surface area contributed by atoms with Gasteiger partial charge < -0.3 is 10.1 Å². The number of hydrogen-bond donors (Lipinski definition) is 1. The van der Waals surface area contributed by atoms with Crippen molar-refractivity contribution >= 4 is 22.2 Å². The van der Waals surface area contributed by atoms with Gasteiger partial charge in [0, 0.05) is 29.9 Å². The Balaban J connectivity index is 1.99. The third kappa shape index (κ3) is 2.62. The Labute approximate surface area is 126 Å². The van der Waals surface area contributed by atoms with Crippen molar-refractivity contribution in [2.45, 2.75) is 6.42 Å². The Kier molecular flexibility index (Phi) is 3.62. The van der Waals surface area contributed by atoms with Gasteiger partial charge in [-0.25, -0.2) is 4.98 Å². The highest BCUT2D eigenvalue weighted by Gasteiger charge is 2.12. The minimum absolute atomic E-state index is 0.00803. The zero-order chi connectivity index (χ0) is 14.8. The van der Waals surface area contributed by atoms with E-state index in [1.165, 1.54) is 11.3 Å². The van der Waals surface area contributed by atoms with Crippen LogP contribution < -0.4 is 10.1 Å². The van der Waals surface area contributed by atoms with Crippen LogP contribution in [0.25, 0.3) is 16.2 Å². The van der Waals surface area contributed by atoms with Crippen molar-refractivity contribution in [1.82, 2.24) is 14.7 Å². The molecule has 0 aliphatic carbocycles. The summed E-state index contributed by atoms with van der Waals surface area (Å²) in [6, 6.07) is 7.78. The number of likely N-dealkylation sites (N-methyl/N-ethyl adjacent to an activating group) is 1. The number of nitrogens with zero attached hydrogens (tertiary/aromatic N) is 2. The molecule has 0 bridgehead atoms. The number of methoxy groups -OCH3 is 1. The number of imidazole rings is 1. The molecule has 0 aliphatic rings. The molecule has 0 spiro atoms. The normalized spacial score (nSPS) is 10.8. The summed E-state index contributed by atoms with van der Waals surface area (Å²) in [5.41, 5.74) is 2.81. The predicted molar refractivity (Wildman–Crippen MR) is 82.8 cm³/mol. The number of aromatic nitrogens is 2. The number of benzene rings is 1. The van der Waals surface area contributed by atoms with Gasteiger partial charge in [0.1, 0.15) is 5.75 Å². The van der Waals surface area contributed by atoms with E-state index in [-0.39, 0.29) is 5.91 Å². The SMILES string of the molecule is CNC(=O)Cc1csc2nc(-c3cccc(OC)c3)cn12. The molecule has 21 heavy (non-hydrogen) atoms. The van der Waals surface area contributed by atoms with Gasteiger partial charge in [0.05, 0.1) is 19.2 Å². The first-order chi connectivity index (χ1) is 10.2. The van der Waals surface area contributed by atoms with Gasteiger partial charge in [-0.05, 0) is 12.1 Å². The molecule has 6 heteroatoms. The van der Waals surface area contributed by atoms with Crippen molar-refractivity contribution in [3.8, 4) is 17.0 Å². The fraction of sp³-hybridized carbons (Fsp3) is 0.200. The van der Waals surface area contributed by atoms with Crippen LogP contribution in [-0.4, -0.2) is 29.4 Å². The van der Waals surface area contributed by atoms with Gasteiger partial charge >= 0.3 is 0 Å². The van der Waals surface area contributed by atoms with E-state index in [0.29, 0.717) is 6.42 Å². The van der Waals surface area contributed by atoms with Gasteiger partial charge in [0.25, 0.3) is 0 Å². The van der Waals surface area contributed by atoms with E-state index in [1.807, 2.05) is 40.2 Å². The highest BCUT2D eigenvalue weighted by Crippen LogP contribution is 2.26. The van der Waals surface area contributed by atoms with E-state index in [9.17, 15) is 4.79 Å². The zero-order valence-electron chi connectivity index (χ0n) is 11.8. The van der Waals surface area contributed by atoms with Gasteiger partial charge in [-0.15, -0.1) is 11.3 Å². The maximum absolute atomic E-state index is 11.5. The lowest BCUT2D eigenvalue weighted by Crippen LogP contribution is -2.20. The van der Waals surface area contributed by atoms with Gasteiger partial charge in [-0.2, -0.15) is 0 Å². The second kappa shape index (κ2) is 5.57. The molecule has 2 heterocycles. The average Bonchev–Trinajstić information content (AvgIpc) is 3.09. The number of carbonyl (C=O) groups excluding carboxylic acids is 1. The van der Waals surface area contributed by atoms with Crippen LogP contribution in [0.15, 0.2) is 35.8 Å². The van der Waals surface area contributed by atoms with Crippen molar-refractivity contribution in [1.29, 1.82) is 0 Å². The molecule has 0 unspecified atom stereocenters. The molecule has 1 N–H and O–H groups in total. The molecule has 0 radical (unpaired) electrons. The smallest absolute Gasteiger partial charge is 0.225 e. The number of carbonyl (C=O) groups is 1. The number of amides is 1. The summed E-state index contributed by atoms with van der Waals surface area (Å²) in [5, 5.41) is 4.60. The van der Waals surface area contributed by atoms with Gasteiger partial charge in [-0.3, -0.25) is 9.20 Å². The molecule has 108 valence electrons. The molecule has 5 nitrogen and oxygen atoms in total. The van der Waals surface area contributed by atoms with Crippen LogP contribution in [0.4, 0.5) is 0 Å². The minimum Gasteiger partial charge on any atom is -0.497 e. The number of nitrogens with one attached hydrogen (secondary N) is 1. The first kappa shape index (κ1) is 13.6. The summed E-state index contributed by atoms with van der Waals surface area (Å²) in [6.07, 6.45) is 2.31. The van der Waals surface area contributed by atoms with Gasteiger partial charge in [-0.1, -0.05) is 12.1 Å². The van der Waals surface area contributed by atoms with E-state index in [0.717, 1.165) is 27.7 Å². The third-order valence-corrected chi connectivity index (χ3v) is 4.16. The van der Waals surface area contributed by atoms with Crippen molar-refractivity contribution in [2.75, 3.05) is 14.2 Å². The summed E-state index contributed by atoms with van der Waals surface area (Å²) in [5.74, 6) is 0.792. The summed E-state index contributed by atoms with van der Waals surface area (Å²) < 4.78 is 7.20. The maximum Gasteiger partial charge on any atom is 0.225 e. The minimum atomic E-state index is -0.00803. The highest BCUT2D eigenvalue weighted by molar-refractivity contribution is 7.15. The summed E-state index contributed by atoms with van der Waals surface area (Å²) >= 11 is 1.53. The quantitative estimate of drug-likeness (QED) is 0.805. The first-order valence-corrected chi connectivity index (χ1v) is 7.39. The number of thiazole rings is 1. The number of rotatable bonds is 4. The highest BCUT2D eigenvalue weighted by atomic mass is 32.1. The van der Waals surface area contributed by atoms with Crippen molar-refractivity contribution in [3.05, 3.63) is 41.5 Å². The van der Waals surface area contributed by atoms with E-state index >= 15 is 0 Å². The second-order valence-corrected chi connectivity index (χ2v) is 5.42. The Morgan fingerprint density at radius 2 is 2.33 bits per heavy atom. The molecular formula is C15H15N3O2S. The zero-order valence-corrected chi connectivity index (χ0v) is 12.6. The fourth-order valence-electron chi connectivity index (χ4n) is 2.13. The standard InChI is InChI=1S/C15H15N3O2S/c1-16-14(19)7-11-9-21-15-17-13(8-18(11)15)10-4-3-5-12(6-10)20-2/h3-6,8-9H,7H2,1-2H3,(H,16,19). The summed E-state index contributed by atoms with van der Waals surface area (Å²) in [4.78, 5) is 17.0. The van der Waals surface area contributed by atoms with Crippen LogP contribution >= 0.6 is 11.3 Å². The molecule has 1 amide bonds. The predicted octanol–water partition coefficient (Wildman–Crippen LogP) is 2.36. The summed E-state index contributed by atoms with van der Waals surface area (Å²) in [6.45, 7) is 0.